The number of aromatic amines is 1. The van der Waals surface area contributed by atoms with Crippen molar-refractivity contribution in [3.63, 3.8) is 0 Å². The number of H-pyrrole nitrogens is 1. The first kappa shape index (κ1) is 17.6. The number of aryl methyl sites for hydroxylation is 1. The summed E-state index contributed by atoms with van der Waals surface area (Å²) in [5, 5.41) is 0. The van der Waals surface area contributed by atoms with E-state index in [1.54, 1.807) is 0 Å². The molecule has 3 aliphatic rings. The van der Waals surface area contributed by atoms with Crippen LogP contribution in [0.3, 0.4) is 0 Å². The van der Waals surface area contributed by atoms with Crippen molar-refractivity contribution < 1.29 is 9.59 Å². The van der Waals surface area contributed by atoms with Crippen LogP contribution in [0.1, 0.15) is 51.1 Å². The minimum Gasteiger partial charge on any atom is -0.365 e. The Hall–Kier alpha value is -1.78. The minimum atomic E-state index is 0.217. The van der Waals surface area contributed by atoms with Crippen LogP contribution in [-0.2, 0) is 16.0 Å². The van der Waals surface area contributed by atoms with Gasteiger partial charge in [0.15, 0.2) is 0 Å². The highest BCUT2D eigenvalue weighted by molar-refractivity contribution is 5.81. The number of amides is 2. The van der Waals surface area contributed by atoms with Crippen LogP contribution >= 0.6 is 0 Å². The topological polar surface area (TPSA) is 56.4 Å². The average Bonchev–Trinajstić information content (AvgIpc) is 3.11. The van der Waals surface area contributed by atoms with Crippen LogP contribution in [0.2, 0.25) is 0 Å². The van der Waals surface area contributed by atoms with E-state index >= 15 is 0 Å². The van der Waals surface area contributed by atoms with Gasteiger partial charge < -0.3 is 14.8 Å². The lowest BCUT2D eigenvalue weighted by atomic mass is 10.0. The van der Waals surface area contributed by atoms with Crippen molar-refractivity contribution in [3.05, 3.63) is 24.0 Å². The number of hydrogen-bond donors (Lipinski definition) is 1. The summed E-state index contributed by atoms with van der Waals surface area (Å²) in [5.74, 6) is 2.37. The lowest BCUT2D eigenvalue weighted by Gasteiger charge is -2.31. The fraction of sp³-hybridized carbons (Fsp3) is 0.714. The molecule has 2 aliphatic carbocycles. The second-order valence-corrected chi connectivity index (χ2v) is 8.35. The van der Waals surface area contributed by atoms with E-state index in [1.807, 2.05) is 23.2 Å². The first-order chi connectivity index (χ1) is 12.7. The molecule has 1 aliphatic heterocycles. The predicted octanol–water partition coefficient (Wildman–Crippen LogP) is 2.83. The Labute approximate surface area is 156 Å². The minimum absolute atomic E-state index is 0.217. The predicted molar refractivity (Wildman–Crippen MR) is 100 cm³/mol. The molecular formula is C21H31N3O2. The van der Waals surface area contributed by atoms with Crippen molar-refractivity contribution in [3.8, 4) is 0 Å². The highest BCUT2D eigenvalue weighted by Crippen LogP contribution is 2.55. The van der Waals surface area contributed by atoms with Gasteiger partial charge in [-0.1, -0.05) is 6.92 Å². The molecule has 1 aromatic heterocycles. The summed E-state index contributed by atoms with van der Waals surface area (Å²) in [5.41, 5.74) is 1.11. The molecule has 2 amide bonds. The van der Waals surface area contributed by atoms with Gasteiger partial charge in [-0.05, 0) is 62.5 Å². The Morgan fingerprint density at radius 3 is 2.85 bits per heavy atom. The van der Waals surface area contributed by atoms with Gasteiger partial charge >= 0.3 is 0 Å². The molecule has 1 N–H and O–H groups in total. The van der Waals surface area contributed by atoms with Gasteiger partial charge in [-0.2, -0.15) is 0 Å². The molecule has 0 bridgehead atoms. The molecule has 2 saturated carbocycles. The first-order valence-electron chi connectivity index (χ1n) is 10.4. The Morgan fingerprint density at radius 2 is 2.19 bits per heavy atom. The molecule has 0 radical (unpaired) electrons. The van der Waals surface area contributed by atoms with E-state index in [2.05, 4.69) is 16.8 Å². The molecule has 1 unspecified atom stereocenters. The fourth-order valence-corrected chi connectivity index (χ4v) is 5.08. The molecular weight excluding hydrogens is 326 g/mol. The molecule has 5 heteroatoms. The van der Waals surface area contributed by atoms with Gasteiger partial charge in [0, 0.05) is 43.9 Å². The number of carbonyl (C=O) groups is 2. The fourth-order valence-electron chi connectivity index (χ4n) is 5.08. The largest absolute Gasteiger partial charge is 0.365 e. The quantitative estimate of drug-likeness (QED) is 0.816. The van der Waals surface area contributed by atoms with Gasteiger partial charge in [0.2, 0.25) is 11.8 Å². The second-order valence-electron chi connectivity index (χ2n) is 8.35. The van der Waals surface area contributed by atoms with E-state index in [9.17, 15) is 9.59 Å². The van der Waals surface area contributed by atoms with Crippen LogP contribution in [0.4, 0.5) is 0 Å². The van der Waals surface area contributed by atoms with E-state index in [0.29, 0.717) is 18.2 Å². The summed E-state index contributed by atoms with van der Waals surface area (Å²) in [6.07, 6.45) is 8.72. The van der Waals surface area contributed by atoms with E-state index in [0.717, 1.165) is 56.9 Å². The van der Waals surface area contributed by atoms with Crippen molar-refractivity contribution in [1.29, 1.82) is 0 Å². The Morgan fingerprint density at radius 1 is 1.31 bits per heavy atom. The van der Waals surface area contributed by atoms with Crippen molar-refractivity contribution in [2.75, 3.05) is 19.6 Å². The van der Waals surface area contributed by atoms with Crippen LogP contribution in [0.5, 0.6) is 0 Å². The molecule has 1 saturated heterocycles. The zero-order chi connectivity index (χ0) is 18.1. The Kier molecular flexibility index (Phi) is 5.05. The monoisotopic (exact) mass is 357 g/mol. The maximum atomic E-state index is 13.1. The van der Waals surface area contributed by atoms with E-state index in [-0.39, 0.29) is 17.9 Å². The summed E-state index contributed by atoms with van der Waals surface area (Å²) in [4.78, 5) is 33.0. The van der Waals surface area contributed by atoms with Gasteiger partial charge in [-0.25, -0.2) is 0 Å². The molecule has 5 nitrogen and oxygen atoms in total. The normalized spacial score (nSPS) is 29.7. The third-order valence-electron chi connectivity index (χ3n) is 6.63. The standard InChI is InChI=1S/C21H31N3O2/c1-2-11-24(21(26)18-7-5-15-13-19(15)18)17-9-12-23(14-17)20(25)8-6-16-4-3-10-22-16/h3-4,10,15,17-19,22H,2,5-9,11-14H2,1H3/t15-,17?,18-,19+/m1/s1. The van der Waals surface area contributed by atoms with Crippen molar-refractivity contribution in [1.82, 2.24) is 14.8 Å². The molecule has 0 spiro atoms. The number of likely N-dealkylation sites (tertiary alicyclic amines) is 1. The zero-order valence-electron chi connectivity index (χ0n) is 15.8. The number of rotatable bonds is 7. The highest BCUT2D eigenvalue weighted by atomic mass is 16.2. The van der Waals surface area contributed by atoms with Crippen molar-refractivity contribution in [2.24, 2.45) is 17.8 Å². The van der Waals surface area contributed by atoms with Gasteiger partial charge in [0.25, 0.3) is 0 Å². The lowest BCUT2D eigenvalue weighted by Crippen LogP contribution is -2.46. The molecule has 26 heavy (non-hydrogen) atoms. The zero-order valence-corrected chi connectivity index (χ0v) is 15.8. The van der Waals surface area contributed by atoms with Crippen LogP contribution < -0.4 is 0 Å². The number of nitrogens with one attached hydrogen (secondary N) is 1. The average molecular weight is 357 g/mol. The molecule has 2 heterocycles. The molecule has 142 valence electrons. The van der Waals surface area contributed by atoms with Crippen LogP contribution in [0.15, 0.2) is 18.3 Å². The maximum absolute atomic E-state index is 13.1. The highest BCUT2D eigenvalue weighted by Gasteiger charge is 2.52. The van der Waals surface area contributed by atoms with Crippen molar-refractivity contribution >= 4 is 11.8 Å². The molecule has 3 fully saturated rings. The maximum Gasteiger partial charge on any atom is 0.226 e. The SMILES string of the molecule is CCCN(C(=O)[C@@H]1CC[C@@H]2C[C@@H]21)C1CCN(C(=O)CCc2ccc[nH]2)C1. The van der Waals surface area contributed by atoms with Crippen molar-refractivity contribution in [2.45, 2.75) is 57.9 Å². The number of fused-ring (bicyclic) bond motifs is 1. The Bertz CT molecular complexity index is 642. The number of hydrogen-bond acceptors (Lipinski definition) is 2. The van der Waals surface area contributed by atoms with E-state index in [1.165, 1.54) is 12.8 Å². The first-order valence-corrected chi connectivity index (χ1v) is 10.4. The summed E-state index contributed by atoms with van der Waals surface area (Å²) < 4.78 is 0. The summed E-state index contributed by atoms with van der Waals surface area (Å²) >= 11 is 0. The molecule has 1 aromatic rings. The van der Waals surface area contributed by atoms with Gasteiger partial charge in [-0.15, -0.1) is 0 Å². The van der Waals surface area contributed by atoms with E-state index in [4.69, 9.17) is 0 Å². The third kappa shape index (κ3) is 3.53. The molecule has 0 aromatic carbocycles. The number of nitrogens with zero attached hydrogens (tertiary/aromatic N) is 2. The van der Waals surface area contributed by atoms with E-state index < -0.39 is 0 Å². The van der Waals surface area contributed by atoms with Gasteiger partial charge in [0.05, 0.1) is 6.04 Å². The summed E-state index contributed by atoms with van der Waals surface area (Å²) in [7, 11) is 0. The summed E-state index contributed by atoms with van der Waals surface area (Å²) in [6, 6.07) is 4.21. The third-order valence-corrected chi connectivity index (χ3v) is 6.63. The number of carbonyl (C=O) groups excluding carboxylic acids is 2. The smallest absolute Gasteiger partial charge is 0.226 e. The summed E-state index contributed by atoms with van der Waals surface area (Å²) in [6.45, 7) is 4.49. The Balaban J connectivity index is 1.32. The van der Waals surface area contributed by atoms with Crippen LogP contribution in [-0.4, -0.2) is 52.3 Å². The van der Waals surface area contributed by atoms with Gasteiger partial charge in [0.1, 0.15) is 0 Å². The molecule has 4 rings (SSSR count). The second kappa shape index (κ2) is 7.45. The van der Waals surface area contributed by atoms with Crippen LogP contribution in [0.25, 0.3) is 0 Å². The van der Waals surface area contributed by atoms with Gasteiger partial charge in [-0.3, -0.25) is 9.59 Å². The number of aromatic nitrogens is 1. The van der Waals surface area contributed by atoms with Crippen LogP contribution in [0, 0.1) is 17.8 Å². The lowest BCUT2D eigenvalue weighted by molar-refractivity contribution is -0.139. The molecule has 4 atom stereocenters.